The highest BCUT2D eigenvalue weighted by atomic mass is 19.1. The van der Waals surface area contributed by atoms with E-state index in [1.54, 1.807) is 11.9 Å². The molecule has 1 aromatic heterocycles. The second-order valence-corrected chi connectivity index (χ2v) is 8.57. The number of nitrogens with one attached hydrogen (secondary N) is 2. The predicted octanol–water partition coefficient (Wildman–Crippen LogP) is 3.73. The van der Waals surface area contributed by atoms with Gasteiger partial charge in [0.15, 0.2) is 5.82 Å². The molecular formula is C25H25FN6O2. The fraction of sp³-hybridized carbons (Fsp3) is 0.280. The minimum absolute atomic E-state index is 0.101. The second-order valence-electron chi connectivity index (χ2n) is 8.57. The maximum absolute atomic E-state index is 13.0. The summed E-state index contributed by atoms with van der Waals surface area (Å²) < 4.78 is 13.0. The molecule has 2 N–H and O–H groups in total. The van der Waals surface area contributed by atoms with E-state index in [2.05, 4.69) is 20.5 Å². The Bertz CT molecular complexity index is 1250. The highest BCUT2D eigenvalue weighted by molar-refractivity contribution is 6.05. The van der Waals surface area contributed by atoms with Gasteiger partial charge in [-0.1, -0.05) is 12.1 Å². The van der Waals surface area contributed by atoms with Gasteiger partial charge in [-0.15, -0.1) is 0 Å². The molecule has 2 aliphatic heterocycles. The average molecular weight is 461 g/mol. The van der Waals surface area contributed by atoms with Crippen LogP contribution in [-0.4, -0.2) is 41.4 Å². The highest BCUT2D eigenvalue weighted by Gasteiger charge is 2.41. The summed E-state index contributed by atoms with van der Waals surface area (Å²) in [6, 6.07) is 12.7. The van der Waals surface area contributed by atoms with E-state index in [0.717, 1.165) is 42.1 Å². The Morgan fingerprint density at radius 3 is 2.59 bits per heavy atom. The number of aromatic nitrogens is 2. The molecule has 0 saturated carbocycles. The van der Waals surface area contributed by atoms with Crippen LogP contribution in [0, 0.1) is 12.7 Å². The number of aryl methyl sites for hydroxylation is 1. The predicted molar refractivity (Wildman–Crippen MR) is 129 cm³/mol. The van der Waals surface area contributed by atoms with Gasteiger partial charge in [0.2, 0.25) is 11.9 Å². The van der Waals surface area contributed by atoms with Crippen molar-refractivity contribution in [2.45, 2.75) is 32.4 Å². The van der Waals surface area contributed by atoms with Gasteiger partial charge in [-0.05, 0) is 61.7 Å². The molecule has 2 aromatic carbocycles. The first-order valence-electron chi connectivity index (χ1n) is 11.2. The molecule has 1 atom stereocenters. The fourth-order valence-corrected chi connectivity index (χ4v) is 4.53. The van der Waals surface area contributed by atoms with Crippen LogP contribution in [0.3, 0.4) is 0 Å². The van der Waals surface area contributed by atoms with Crippen LogP contribution in [0.2, 0.25) is 0 Å². The van der Waals surface area contributed by atoms with Crippen molar-refractivity contribution in [3.63, 3.8) is 0 Å². The van der Waals surface area contributed by atoms with Gasteiger partial charge in [-0.3, -0.25) is 9.59 Å². The first kappa shape index (κ1) is 21.8. The number of amides is 2. The molecule has 1 fully saturated rings. The summed E-state index contributed by atoms with van der Waals surface area (Å²) >= 11 is 0. The average Bonchev–Trinajstić information content (AvgIpc) is 3.33. The number of hydrogen-bond acceptors (Lipinski definition) is 6. The van der Waals surface area contributed by atoms with Gasteiger partial charge >= 0.3 is 0 Å². The van der Waals surface area contributed by atoms with Gasteiger partial charge in [-0.25, -0.2) is 9.37 Å². The minimum Gasteiger partial charge on any atom is -0.350 e. The van der Waals surface area contributed by atoms with Crippen molar-refractivity contribution in [1.29, 1.82) is 0 Å². The van der Waals surface area contributed by atoms with Crippen molar-refractivity contribution in [1.82, 2.24) is 9.97 Å². The smallest absolute Gasteiger partial charge is 0.255 e. The number of benzene rings is 2. The van der Waals surface area contributed by atoms with Crippen molar-refractivity contribution in [2.75, 3.05) is 34.0 Å². The normalized spacial score (nSPS) is 16.8. The van der Waals surface area contributed by atoms with Crippen LogP contribution in [-0.2, 0) is 11.3 Å². The van der Waals surface area contributed by atoms with Gasteiger partial charge in [0.25, 0.3) is 5.91 Å². The molecule has 34 heavy (non-hydrogen) atoms. The van der Waals surface area contributed by atoms with Crippen molar-refractivity contribution >= 4 is 35.0 Å². The molecule has 5 rings (SSSR count). The zero-order valence-corrected chi connectivity index (χ0v) is 19.0. The molecule has 174 valence electrons. The summed E-state index contributed by atoms with van der Waals surface area (Å²) in [5, 5.41) is 6.08. The number of carbonyl (C=O) groups excluding carboxylic acids is 2. The van der Waals surface area contributed by atoms with Gasteiger partial charge in [0, 0.05) is 31.4 Å². The Balaban J connectivity index is 1.26. The van der Waals surface area contributed by atoms with E-state index >= 15 is 0 Å². The van der Waals surface area contributed by atoms with Crippen molar-refractivity contribution in [2.24, 2.45) is 0 Å². The number of nitrogens with zero attached hydrogens (tertiary/aromatic N) is 4. The SMILES string of the molecule is Cc1nc(NCc2ccc(NC(=O)c3ccc(F)cc3)cc2)nc2c1N(C)C(=O)C1CCCN21. The lowest BCUT2D eigenvalue weighted by molar-refractivity contribution is -0.119. The third kappa shape index (κ3) is 4.05. The Labute approximate surface area is 196 Å². The molecule has 1 unspecified atom stereocenters. The van der Waals surface area contributed by atoms with Crippen LogP contribution >= 0.6 is 0 Å². The molecule has 9 heteroatoms. The van der Waals surface area contributed by atoms with Crippen LogP contribution < -0.4 is 20.4 Å². The van der Waals surface area contributed by atoms with Crippen LogP contribution in [0.1, 0.15) is 34.5 Å². The molecule has 2 amide bonds. The number of carbonyl (C=O) groups is 2. The van der Waals surface area contributed by atoms with Crippen molar-refractivity contribution in [3.8, 4) is 0 Å². The van der Waals surface area contributed by atoms with E-state index in [1.165, 1.54) is 24.3 Å². The van der Waals surface area contributed by atoms with E-state index in [-0.39, 0.29) is 23.7 Å². The summed E-state index contributed by atoms with van der Waals surface area (Å²) in [5.41, 5.74) is 3.55. The van der Waals surface area contributed by atoms with E-state index < -0.39 is 0 Å². The fourth-order valence-electron chi connectivity index (χ4n) is 4.53. The zero-order valence-electron chi connectivity index (χ0n) is 19.0. The van der Waals surface area contributed by atoms with Gasteiger partial charge < -0.3 is 20.4 Å². The number of halogens is 1. The Hall–Kier alpha value is -4.01. The maximum atomic E-state index is 13.0. The van der Waals surface area contributed by atoms with Crippen molar-refractivity contribution < 1.29 is 14.0 Å². The topological polar surface area (TPSA) is 90.5 Å². The monoisotopic (exact) mass is 460 g/mol. The molecular weight excluding hydrogens is 435 g/mol. The van der Waals surface area contributed by atoms with Crippen LogP contribution in [0.5, 0.6) is 0 Å². The molecule has 3 heterocycles. The van der Waals surface area contributed by atoms with Gasteiger partial charge in [0.1, 0.15) is 17.5 Å². The lowest BCUT2D eigenvalue weighted by Crippen LogP contribution is -2.49. The van der Waals surface area contributed by atoms with Crippen LogP contribution in [0.25, 0.3) is 0 Å². The Morgan fingerprint density at radius 1 is 1.12 bits per heavy atom. The lowest BCUT2D eigenvalue weighted by Gasteiger charge is -2.37. The molecule has 8 nitrogen and oxygen atoms in total. The third-order valence-electron chi connectivity index (χ3n) is 6.28. The first-order chi connectivity index (χ1) is 16.4. The van der Waals surface area contributed by atoms with Gasteiger partial charge in [-0.2, -0.15) is 4.98 Å². The number of rotatable bonds is 5. The van der Waals surface area contributed by atoms with Gasteiger partial charge in [0.05, 0.1) is 5.69 Å². The zero-order chi connectivity index (χ0) is 23.8. The molecule has 1 saturated heterocycles. The maximum Gasteiger partial charge on any atom is 0.255 e. The largest absolute Gasteiger partial charge is 0.350 e. The molecule has 3 aromatic rings. The first-order valence-corrected chi connectivity index (χ1v) is 11.2. The third-order valence-corrected chi connectivity index (χ3v) is 6.28. The quantitative estimate of drug-likeness (QED) is 0.603. The summed E-state index contributed by atoms with van der Waals surface area (Å²) in [4.78, 5) is 38.1. The second kappa shape index (κ2) is 8.74. The van der Waals surface area contributed by atoms with Crippen LogP contribution in [0.15, 0.2) is 48.5 Å². The summed E-state index contributed by atoms with van der Waals surface area (Å²) in [5.74, 6) is 0.737. The molecule has 0 aliphatic carbocycles. The molecule has 2 aliphatic rings. The molecule has 0 bridgehead atoms. The molecule has 0 spiro atoms. The van der Waals surface area contributed by atoms with Crippen molar-refractivity contribution in [3.05, 3.63) is 71.2 Å². The summed E-state index contributed by atoms with van der Waals surface area (Å²) in [7, 11) is 1.79. The van der Waals surface area contributed by atoms with E-state index in [4.69, 9.17) is 4.98 Å². The standard InChI is InChI=1S/C25H25FN6O2/c1-15-21-22(32-13-3-4-20(32)24(34)31(21)2)30-25(28-15)27-14-16-5-11-19(12-6-16)29-23(33)17-7-9-18(26)10-8-17/h5-12,20H,3-4,13-14H2,1-2H3,(H,29,33)(H,27,28,30). The lowest BCUT2D eigenvalue weighted by atomic mass is 10.1. The Kier molecular flexibility index (Phi) is 5.61. The number of fused-ring (bicyclic) bond motifs is 3. The molecule has 0 radical (unpaired) electrons. The number of anilines is 4. The minimum atomic E-state index is -0.382. The highest BCUT2D eigenvalue weighted by Crippen LogP contribution is 2.40. The summed E-state index contributed by atoms with van der Waals surface area (Å²) in [6.07, 6.45) is 1.82. The van der Waals surface area contributed by atoms with E-state index in [1.807, 2.05) is 31.2 Å². The van der Waals surface area contributed by atoms with Crippen LogP contribution in [0.4, 0.5) is 27.5 Å². The number of likely N-dealkylation sites (N-methyl/N-ethyl adjacent to an activating group) is 1. The van der Waals surface area contributed by atoms with E-state index in [0.29, 0.717) is 23.7 Å². The summed E-state index contributed by atoms with van der Waals surface area (Å²) in [6.45, 7) is 3.21. The Morgan fingerprint density at radius 2 is 1.85 bits per heavy atom. The van der Waals surface area contributed by atoms with E-state index in [9.17, 15) is 14.0 Å². The number of hydrogen-bond donors (Lipinski definition) is 2.